The first-order valence-corrected chi connectivity index (χ1v) is 6.26. The van der Waals surface area contributed by atoms with Crippen LogP contribution < -0.4 is 5.32 Å². The second-order valence-electron chi connectivity index (χ2n) is 4.73. The van der Waals surface area contributed by atoms with Crippen LogP contribution in [0.2, 0.25) is 0 Å². The van der Waals surface area contributed by atoms with Gasteiger partial charge in [-0.15, -0.1) is 0 Å². The predicted octanol–water partition coefficient (Wildman–Crippen LogP) is 1.02. The summed E-state index contributed by atoms with van der Waals surface area (Å²) in [4.78, 5) is 14.0. The molecule has 1 N–H and O–H groups in total. The summed E-state index contributed by atoms with van der Waals surface area (Å²) in [6, 6.07) is 9.91. The fraction of sp³-hybridized carbons (Fsp3) is 0.500. The molecule has 0 radical (unpaired) electrons. The molecule has 1 saturated heterocycles. The Balaban J connectivity index is 1.89. The van der Waals surface area contributed by atoms with Gasteiger partial charge in [0.05, 0.1) is 12.1 Å². The lowest BCUT2D eigenvalue weighted by atomic mass is 10.1. The van der Waals surface area contributed by atoms with E-state index in [-0.39, 0.29) is 18.1 Å². The van der Waals surface area contributed by atoms with Crippen LogP contribution >= 0.6 is 0 Å². The van der Waals surface area contributed by atoms with Crippen molar-refractivity contribution in [3.05, 3.63) is 35.9 Å². The van der Waals surface area contributed by atoms with Gasteiger partial charge >= 0.3 is 0 Å². The minimum Gasteiger partial charge on any atom is -0.380 e. The third kappa shape index (κ3) is 3.09. The van der Waals surface area contributed by atoms with E-state index in [1.165, 1.54) is 0 Å². The van der Waals surface area contributed by atoms with E-state index in [0.717, 1.165) is 18.5 Å². The first-order valence-electron chi connectivity index (χ1n) is 6.26. The fourth-order valence-electron chi connectivity index (χ4n) is 2.27. The summed E-state index contributed by atoms with van der Waals surface area (Å²) in [6.07, 6.45) is 0.915. The van der Waals surface area contributed by atoms with E-state index in [0.29, 0.717) is 6.54 Å². The molecule has 0 spiro atoms. The Kier molecular flexibility index (Phi) is 4.33. The second-order valence-corrected chi connectivity index (χ2v) is 4.73. The summed E-state index contributed by atoms with van der Waals surface area (Å²) in [7, 11) is 3.53. The molecule has 0 bridgehead atoms. The molecule has 98 valence electrons. The zero-order chi connectivity index (χ0) is 13.0. The average Bonchev–Trinajstić information content (AvgIpc) is 2.87. The number of hydrogen-bond donors (Lipinski definition) is 1. The lowest BCUT2D eigenvalue weighted by Gasteiger charge is -2.21. The first-order chi connectivity index (χ1) is 8.70. The number of amides is 1. The van der Waals surface area contributed by atoms with Crippen molar-refractivity contribution >= 4 is 5.91 Å². The van der Waals surface area contributed by atoms with Crippen molar-refractivity contribution in [1.82, 2.24) is 10.2 Å². The van der Waals surface area contributed by atoms with Crippen molar-refractivity contribution in [1.29, 1.82) is 0 Å². The summed E-state index contributed by atoms with van der Waals surface area (Å²) in [5, 5.41) is 3.21. The summed E-state index contributed by atoms with van der Waals surface area (Å²) < 4.78 is 5.26. The number of nitrogens with one attached hydrogen (secondary N) is 1. The maximum atomic E-state index is 12.2. The molecule has 1 aliphatic heterocycles. The predicted molar refractivity (Wildman–Crippen MR) is 70.1 cm³/mol. The number of carbonyl (C=O) groups excluding carboxylic acids is 1. The number of likely N-dealkylation sites (N-methyl/N-ethyl adjacent to an activating group) is 1. The van der Waals surface area contributed by atoms with Gasteiger partial charge in [-0.3, -0.25) is 4.79 Å². The average molecular weight is 248 g/mol. The molecule has 2 atom stereocenters. The van der Waals surface area contributed by atoms with Crippen LogP contribution in [0.15, 0.2) is 30.3 Å². The molecule has 0 aliphatic carbocycles. The number of nitrogens with zero attached hydrogens (tertiary/aromatic N) is 1. The van der Waals surface area contributed by atoms with Gasteiger partial charge in [-0.1, -0.05) is 30.3 Å². The molecule has 1 aliphatic rings. The quantitative estimate of drug-likeness (QED) is 0.865. The minimum atomic E-state index is -0.108. The zero-order valence-electron chi connectivity index (χ0n) is 10.9. The van der Waals surface area contributed by atoms with Gasteiger partial charge in [0.1, 0.15) is 0 Å². The number of methoxy groups -OCH3 is 1. The maximum absolute atomic E-state index is 12.2. The molecule has 2 rings (SSSR count). The third-order valence-electron chi connectivity index (χ3n) is 3.36. The molecule has 0 aromatic heterocycles. The zero-order valence-corrected chi connectivity index (χ0v) is 10.9. The van der Waals surface area contributed by atoms with Crippen LogP contribution in [0, 0.1) is 0 Å². The topological polar surface area (TPSA) is 41.6 Å². The van der Waals surface area contributed by atoms with Gasteiger partial charge in [-0.05, 0) is 12.0 Å². The number of hydrogen-bond acceptors (Lipinski definition) is 3. The standard InChI is InChI=1S/C14H20N2O2/c1-16(10-11-6-4-3-5-7-11)14(17)13-8-12(18-2)9-15-13/h3-7,12-13,15H,8-10H2,1-2H3. The summed E-state index contributed by atoms with van der Waals surface area (Å²) in [5.74, 6) is 0.137. The molecule has 1 fully saturated rings. The Morgan fingerprint density at radius 1 is 1.44 bits per heavy atom. The van der Waals surface area contributed by atoms with Gasteiger partial charge in [-0.25, -0.2) is 0 Å². The molecular formula is C14H20N2O2. The molecule has 4 nitrogen and oxygen atoms in total. The van der Waals surface area contributed by atoms with Crippen LogP contribution in [0.5, 0.6) is 0 Å². The lowest BCUT2D eigenvalue weighted by Crippen LogP contribution is -2.41. The highest BCUT2D eigenvalue weighted by molar-refractivity contribution is 5.82. The normalized spacial score (nSPS) is 23.0. The van der Waals surface area contributed by atoms with Crippen molar-refractivity contribution in [3.8, 4) is 0 Å². The molecule has 4 heteroatoms. The Labute approximate surface area is 108 Å². The SMILES string of the molecule is COC1CNC(C(=O)N(C)Cc2ccccc2)C1. The van der Waals surface area contributed by atoms with Gasteiger partial charge in [-0.2, -0.15) is 0 Å². The third-order valence-corrected chi connectivity index (χ3v) is 3.36. The van der Waals surface area contributed by atoms with Gasteiger partial charge in [0.25, 0.3) is 0 Å². The van der Waals surface area contributed by atoms with E-state index in [4.69, 9.17) is 4.74 Å². The van der Waals surface area contributed by atoms with Crippen LogP contribution in [-0.4, -0.2) is 43.7 Å². The van der Waals surface area contributed by atoms with Crippen LogP contribution in [0.3, 0.4) is 0 Å². The molecule has 1 amide bonds. The largest absolute Gasteiger partial charge is 0.380 e. The number of ether oxygens (including phenoxy) is 1. The van der Waals surface area contributed by atoms with E-state index in [1.807, 2.05) is 37.4 Å². The monoisotopic (exact) mass is 248 g/mol. The molecule has 1 heterocycles. The van der Waals surface area contributed by atoms with Crippen molar-refractivity contribution in [3.63, 3.8) is 0 Å². The van der Waals surface area contributed by atoms with Crippen molar-refractivity contribution in [2.75, 3.05) is 20.7 Å². The second kappa shape index (κ2) is 5.98. The number of benzene rings is 1. The highest BCUT2D eigenvalue weighted by Gasteiger charge is 2.30. The lowest BCUT2D eigenvalue weighted by molar-refractivity contribution is -0.132. The van der Waals surface area contributed by atoms with Crippen LogP contribution in [0.4, 0.5) is 0 Å². The Bertz CT molecular complexity index is 394. The van der Waals surface area contributed by atoms with Gasteiger partial charge in [0.15, 0.2) is 0 Å². The fourth-order valence-corrected chi connectivity index (χ4v) is 2.27. The maximum Gasteiger partial charge on any atom is 0.239 e. The summed E-state index contributed by atoms with van der Waals surface area (Å²) >= 11 is 0. The van der Waals surface area contributed by atoms with Crippen molar-refractivity contribution in [2.24, 2.45) is 0 Å². The molecular weight excluding hydrogens is 228 g/mol. The Morgan fingerprint density at radius 2 is 2.17 bits per heavy atom. The van der Waals surface area contributed by atoms with E-state index in [1.54, 1.807) is 12.0 Å². The Morgan fingerprint density at radius 3 is 2.78 bits per heavy atom. The number of rotatable bonds is 4. The molecule has 18 heavy (non-hydrogen) atoms. The first kappa shape index (κ1) is 13.1. The van der Waals surface area contributed by atoms with E-state index in [9.17, 15) is 4.79 Å². The highest BCUT2D eigenvalue weighted by Crippen LogP contribution is 2.13. The Hall–Kier alpha value is -1.39. The van der Waals surface area contributed by atoms with E-state index < -0.39 is 0 Å². The van der Waals surface area contributed by atoms with Gasteiger partial charge in [0.2, 0.25) is 5.91 Å². The minimum absolute atomic E-state index is 0.108. The van der Waals surface area contributed by atoms with Crippen molar-refractivity contribution in [2.45, 2.75) is 25.1 Å². The summed E-state index contributed by atoms with van der Waals surface area (Å²) in [6.45, 7) is 1.40. The highest BCUT2D eigenvalue weighted by atomic mass is 16.5. The van der Waals surface area contributed by atoms with Gasteiger partial charge in [0, 0.05) is 27.2 Å². The summed E-state index contributed by atoms with van der Waals surface area (Å²) in [5.41, 5.74) is 1.15. The molecule has 1 aromatic carbocycles. The smallest absolute Gasteiger partial charge is 0.239 e. The van der Waals surface area contributed by atoms with E-state index >= 15 is 0 Å². The van der Waals surface area contributed by atoms with Crippen LogP contribution in [-0.2, 0) is 16.1 Å². The number of carbonyl (C=O) groups is 1. The van der Waals surface area contributed by atoms with E-state index in [2.05, 4.69) is 5.32 Å². The molecule has 2 unspecified atom stereocenters. The van der Waals surface area contributed by atoms with Crippen LogP contribution in [0.1, 0.15) is 12.0 Å². The molecule has 0 saturated carbocycles. The van der Waals surface area contributed by atoms with Crippen molar-refractivity contribution < 1.29 is 9.53 Å². The van der Waals surface area contributed by atoms with Crippen LogP contribution in [0.25, 0.3) is 0 Å². The van der Waals surface area contributed by atoms with Gasteiger partial charge < -0.3 is 15.0 Å². The molecule has 1 aromatic rings.